The topological polar surface area (TPSA) is 99.3 Å². The molecule has 1 atom stereocenters. The number of aromatic nitrogens is 2. The SMILES string of the molecule is CC(C(=O)N=C(N)/C=C\N)c1cnn(-c2cccc(Cl)c2)c1. The van der Waals surface area contributed by atoms with Gasteiger partial charge in [-0.15, -0.1) is 0 Å². The van der Waals surface area contributed by atoms with Crippen molar-refractivity contribution in [3.8, 4) is 5.69 Å². The second kappa shape index (κ2) is 6.91. The number of nitrogens with two attached hydrogens (primary N) is 2. The number of carbonyl (C=O) groups is 1. The quantitative estimate of drug-likeness (QED) is 0.665. The van der Waals surface area contributed by atoms with Crippen molar-refractivity contribution in [3.63, 3.8) is 0 Å². The van der Waals surface area contributed by atoms with E-state index in [2.05, 4.69) is 10.1 Å². The Morgan fingerprint density at radius 1 is 1.50 bits per heavy atom. The molecule has 0 spiro atoms. The Kier molecular flexibility index (Phi) is 4.95. The molecule has 114 valence electrons. The number of amidine groups is 1. The van der Waals surface area contributed by atoms with Crippen LogP contribution >= 0.6 is 11.6 Å². The summed E-state index contributed by atoms with van der Waals surface area (Å²) in [6.07, 6.45) is 5.97. The maximum absolute atomic E-state index is 12.0. The largest absolute Gasteiger partial charge is 0.404 e. The lowest BCUT2D eigenvalue weighted by molar-refractivity contribution is -0.118. The predicted octanol–water partition coefficient (Wildman–Crippen LogP) is 1.99. The molecule has 1 amide bonds. The smallest absolute Gasteiger partial charge is 0.254 e. The number of amides is 1. The van der Waals surface area contributed by atoms with Crippen LogP contribution in [0.2, 0.25) is 5.02 Å². The van der Waals surface area contributed by atoms with Crippen molar-refractivity contribution in [2.24, 2.45) is 16.5 Å². The summed E-state index contributed by atoms with van der Waals surface area (Å²) in [5.74, 6) is -0.750. The van der Waals surface area contributed by atoms with Gasteiger partial charge in [-0.3, -0.25) is 4.79 Å². The molecule has 7 heteroatoms. The molecule has 1 aromatic carbocycles. The lowest BCUT2D eigenvalue weighted by Gasteiger charge is -2.04. The number of benzene rings is 1. The molecule has 0 saturated heterocycles. The molecule has 2 rings (SSSR count). The third-order valence-corrected chi connectivity index (χ3v) is 3.29. The highest BCUT2D eigenvalue weighted by Crippen LogP contribution is 2.19. The zero-order valence-corrected chi connectivity index (χ0v) is 12.7. The van der Waals surface area contributed by atoms with Gasteiger partial charge in [0.15, 0.2) is 0 Å². The Hall–Kier alpha value is -2.60. The van der Waals surface area contributed by atoms with Crippen molar-refractivity contribution in [2.45, 2.75) is 12.8 Å². The fraction of sp³-hybridized carbons (Fsp3) is 0.133. The van der Waals surface area contributed by atoms with Crippen molar-refractivity contribution in [3.05, 3.63) is 59.5 Å². The molecule has 0 aliphatic heterocycles. The highest BCUT2D eigenvalue weighted by Gasteiger charge is 2.17. The molecule has 6 nitrogen and oxygen atoms in total. The Labute approximate surface area is 133 Å². The predicted molar refractivity (Wildman–Crippen MR) is 86.9 cm³/mol. The third kappa shape index (κ3) is 3.73. The van der Waals surface area contributed by atoms with Crippen LogP contribution in [0.4, 0.5) is 0 Å². The normalized spacial score (nSPS) is 13.5. The van der Waals surface area contributed by atoms with Gasteiger partial charge in [0.2, 0.25) is 0 Å². The second-order valence-electron chi connectivity index (χ2n) is 4.65. The summed E-state index contributed by atoms with van der Waals surface area (Å²) in [5, 5.41) is 4.85. The maximum atomic E-state index is 12.0. The second-order valence-corrected chi connectivity index (χ2v) is 5.09. The first kappa shape index (κ1) is 15.8. The molecule has 22 heavy (non-hydrogen) atoms. The Bertz CT molecular complexity index is 735. The van der Waals surface area contributed by atoms with Crippen LogP contribution in [0.3, 0.4) is 0 Å². The minimum Gasteiger partial charge on any atom is -0.404 e. The van der Waals surface area contributed by atoms with Gasteiger partial charge in [-0.2, -0.15) is 10.1 Å². The van der Waals surface area contributed by atoms with Crippen LogP contribution < -0.4 is 11.5 Å². The summed E-state index contributed by atoms with van der Waals surface area (Å²) in [4.78, 5) is 15.8. The maximum Gasteiger partial charge on any atom is 0.254 e. The van der Waals surface area contributed by atoms with E-state index in [0.29, 0.717) is 5.02 Å². The minimum absolute atomic E-state index is 0.0709. The Morgan fingerprint density at radius 2 is 2.27 bits per heavy atom. The van der Waals surface area contributed by atoms with Crippen molar-refractivity contribution >= 4 is 23.3 Å². The van der Waals surface area contributed by atoms with Gasteiger partial charge in [-0.25, -0.2) is 4.68 Å². The lowest BCUT2D eigenvalue weighted by Crippen LogP contribution is -2.15. The van der Waals surface area contributed by atoms with Gasteiger partial charge in [0.25, 0.3) is 5.91 Å². The monoisotopic (exact) mass is 317 g/mol. The van der Waals surface area contributed by atoms with Crippen LogP contribution in [-0.2, 0) is 4.79 Å². The zero-order chi connectivity index (χ0) is 16.1. The van der Waals surface area contributed by atoms with E-state index in [1.807, 2.05) is 12.1 Å². The molecule has 0 aliphatic rings. The summed E-state index contributed by atoms with van der Waals surface area (Å²) < 4.78 is 1.65. The zero-order valence-electron chi connectivity index (χ0n) is 12.0. The van der Waals surface area contributed by atoms with E-state index >= 15 is 0 Å². The summed E-state index contributed by atoms with van der Waals surface area (Å²) in [7, 11) is 0. The average molecular weight is 318 g/mol. The first-order valence-corrected chi connectivity index (χ1v) is 6.96. The number of aliphatic imine (C=N–C) groups is 1. The molecular formula is C15H16ClN5O. The molecule has 2 aromatic rings. The van der Waals surface area contributed by atoms with E-state index in [-0.39, 0.29) is 11.7 Å². The summed E-state index contributed by atoms with van der Waals surface area (Å²) >= 11 is 5.96. The van der Waals surface area contributed by atoms with Gasteiger partial charge in [-0.1, -0.05) is 17.7 Å². The van der Waals surface area contributed by atoms with Crippen LogP contribution in [0.5, 0.6) is 0 Å². The molecule has 0 bridgehead atoms. The first-order chi connectivity index (χ1) is 10.5. The molecule has 1 heterocycles. The highest BCUT2D eigenvalue weighted by atomic mass is 35.5. The van der Waals surface area contributed by atoms with E-state index in [1.54, 1.807) is 36.1 Å². The molecular weight excluding hydrogens is 302 g/mol. The Morgan fingerprint density at radius 3 is 2.95 bits per heavy atom. The summed E-state index contributed by atoms with van der Waals surface area (Å²) in [6.45, 7) is 1.74. The molecule has 1 unspecified atom stereocenters. The van der Waals surface area contributed by atoms with E-state index in [4.69, 9.17) is 23.1 Å². The van der Waals surface area contributed by atoms with Crippen molar-refractivity contribution in [1.29, 1.82) is 0 Å². The molecule has 1 aromatic heterocycles. The van der Waals surface area contributed by atoms with Crippen LogP contribution in [0.15, 0.2) is 53.9 Å². The van der Waals surface area contributed by atoms with Crippen LogP contribution in [0.1, 0.15) is 18.4 Å². The number of hydrogen-bond acceptors (Lipinski definition) is 3. The highest BCUT2D eigenvalue weighted by molar-refractivity contribution is 6.30. The summed E-state index contributed by atoms with van der Waals surface area (Å²) in [5.41, 5.74) is 12.3. The van der Waals surface area contributed by atoms with E-state index in [0.717, 1.165) is 11.3 Å². The minimum atomic E-state index is -0.461. The van der Waals surface area contributed by atoms with Crippen molar-refractivity contribution in [2.75, 3.05) is 0 Å². The molecule has 0 saturated carbocycles. The Balaban J connectivity index is 2.20. The van der Waals surface area contributed by atoms with Gasteiger partial charge < -0.3 is 11.5 Å². The molecule has 0 radical (unpaired) electrons. The van der Waals surface area contributed by atoms with Gasteiger partial charge in [0.1, 0.15) is 5.84 Å². The molecule has 4 N–H and O–H groups in total. The standard InChI is InChI=1S/C15H16ClN5O/c1-10(15(22)20-14(18)5-6-17)11-8-19-21(9-11)13-4-2-3-12(16)7-13/h2-10H,17H2,1H3,(H2,18,20,22)/b6-5-. The van der Waals surface area contributed by atoms with E-state index < -0.39 is 5.92 Å². The number of carbonyl (C=O) groups excluding carboxylic acids is 1. The lowest BCUT2D eigenvalue weighted by atomic mass is 10.1. The average Bonchev–Trinajstić information content (AvgIpc) is 2.96. The van der Waals surface area contributed by atoms with E-state index in [1.165, 1.54) is 12.3 Å². The molecule has 0 aliphatic carbocycles. The van der Waals surface area contributed by atoms with Crippen LogP contribution in [-0.4, -0.2) is 21.5 Å². The fourth-order valence-corrected chi connectivity index (χ4v) is 2.01. The van der Waals surface area contributed by atoms with Crippen LogP contribution in [0, 0.1) is 0 Å². The fourth-order valence-electron chi connectivity index (χ4n) is 1.82. The number of hydrogen-bond donors (Lipinski definition) is 2. The molecule has 0 fully saturated rings. The van der Waals surface area contributed by atoms with Gasteiger partial charge in [-0.05, 0) is 37.4 Å². The first-order valence-electron chi connectivity index (χ1n) is 6.58. The van der Waals surface area contributed by atoms with Gasteiger partial charge in [0.05, 0.1) is 17.8 Å². The van der Waals surface area contributed by atoms with Gasteiger partial charge >= 0.3 is 0 Å². The van der Waals surface area contributed by atoms with Crippen LogP contribution in [0.25, 0.3) is 5.69 Å². The van der Waals surface area contributed by atoms with Gasteiger partial charge in [0, 0.05) is 16.8 Å². The number of nitrogens with zero attached hydrogens (tertiary/aromatic N) is 3. The number of rotatable bonds is 4. The van der Waals surface area contributed by atoms with E-state index in [9.17, 15) is 4.79 Å². The summed E-state index contributed by atoms with van der Waals surface area (Å²) in [6, 6.07) is 7.27. The van der Waals surface area contributed by atoms with Crippen molar-refractivity contribution < 1.29 is 4.79 Å². The van der Waals surface area contributed by atoms with Crippen molar-refractivity contribution in [1.82, 2.24) is 9.78 Å². The third-order valence-electron chi connectivity index (χ3n) is 3.05. The number of halogens is 1.